The van der Waals surface area contributed by atoms with E-state index in [0.717, 1.165) is 6.42 Å². The molecule has 2 N–H and O–H groups in total. The number of carbonyl (C=O) groups excluding carboxylic acids is 1. The van der Waals surface area contributed by atoms with Crippen LogP contribution in [0.2, 0.25) is 0 Å². The van der Waals surface area contributed by atoms with Crippen molar-refractivity contribution in [2.45, 2.75) is 33.3 Å². The Labute approximate surface area is 102 Å². The zero-order valence-electron chi connectivity index (χ0n) is 10.5. The minimum Gasteiger partial charge on any atom is -0.492 e. The first-order valence-electron chi connectivity index (χ1n) is 5.81. The second kappa shape index (κ2) is 6.13. The minimum atomic E-state index is -0.353. The highest BCUT2D eigenvalue weighted by Crippen LogP contribution is 2.23. The van der Waals surface area contributed by atoms with Crippen molar-refractivity contribution in [3.05, 3.63) is 23.8 Å². The van der Waals surface area contributed by atoms with Crippen LogP contribution in [0.1, 0.15) is 37.6 Å². The van der Waals surface area contributed by atoms with Gasteiger partial charge in [0.2, 0.25) is 0 Å². The lowest BCUT2D eigenvalue weighted by molar-refractivity contribution is 0.0334. The number of carbonyl (C=O) groups is 1. The Morgan fingerprint density at radius 2 is 2.12 bits per heavy atom. The van der Waals surface area contributed by atoms with Crippen molar-refractivity contribution in [1.29, 1.82) is 0 Å². The molecule has 4 nitrogen and oxygen atoms in total. The molecule has 0 aromatic heterocycles. The van der Waals surface area contributed by atoms with E-state index < -0.39 is 0 Å². The predicted octanol–water partition coefficient (Wildman–Crippen LogP) is 2.62. The van der Waals surface area contributed by atoms with E-state index in [1.807, 2.05) is 20.8 Å². The van der Waals surface area contributed by atoms with Gasteiger partial charge in [-0.3, -0.25) is 0 Å². The Balaban J connectivity index is 2.79. The van der Waals surface area contributed by atoms with Crippen LogP contribution in [-0.2, 0) is 4.74 Å². The topological polar surface area (TPSA) is 61.5 Å². The molecular formula is C13H19NO3. The first-order chi connectivity index (χ1) is 8.08. The Kier molecular flexibility index (Phi) is 4.82. The maximum Gasteiger partial charge on any atom is 0.338 e. The Bertz CT molecular complexity index is 390. The summed E-state index contributed by atoms with van der Waals surface area (Å²) < 4.78 is 10.5. The number of hydrogen-bond acceptors (Lipinski definition) is 4. The lowest BCUT2D eigenvalue weighted by Gasteiger charge is -2.12. The second-order valence-electron chi connectivity index (χ2n) is 3.81. The van der Waals surface area contributed by atoms with Crippen molar-refractivity contribution < 1.29 is 14.3 Å². The van der Waals surface area contributed by atoms with Crippen molar-refractivity contribution in [2.24, 2.45) is 0 Å². The van der Waals surface area contributed by atoms with Gasteiger partial charge in [0.1, 0.15) is 5.75 Å². The summed E-state index contributed by atoms with van der Waals surface area (Å²) in [5.74, 6) is 0.238. The fourth-order valence-corrected chi connectivity index (χ4v) is 1.30. The molecule has 0 aliphatic heterocycles. The number of nitrogen functional groups attached to an aromatic ring is 1. The van der Waals surface area contributed by atoms with Gasteiger partial charge in [0.15, 0.2) is 0 Å². The first kappa shape index (κ1) is 13.4. The van der Waals surface area contributed by atoms with E-state index in [2.05, 4.69) is 0 Å². The van der Waals surface area contributed by atoms with Gasteiger partial charge in [-0.25, -0.2) is 4.79 Å². The van der Waals surface area contributed by atoms with Gasteiger partial charge in [-0.05, 0) is 38.5 Å². The summed E-state index contributed by atoms with van der Waals surface area (Å²) >= 11 is 0. The molecule has 0 amide bonds. The molecule has 0 spiro atoms. The molecule has 0 saturated carbocycles. The lowest BCUT2D eigenvalue weighted by atomic mass is 10.2. The van der Waals surface area contributed by atoms with Crippen LogP contribution in [0.25, 0.3) is 0 Å². The molecule has 0 bridgehead atoms. The largest absolute Gasteiger partial charge is 0.492 e. The number of rotatable bonds is 5. The van der Waals surface area contributed by atoms with Gasteiger partial charge in [0, 0.05) is 0 Å². The smallest absolute Gasteiger partial charge is 0.338 e. The average molecular weight is 237 g/mol. The fraction of sp³-hybridized carbons (Fsp3) is 0.462. The number of hydrogen-bond donors (Lipinski definition) is 1. The van der Waals surface area contributed by atoms with Crippen molar-refractivity contribution in [1.82, 2.24) is 0 Å². The molecule has 1 unspecified atom stereocenters. The molecule has 94 valence electrons. The zero-order valence-corrected chi connectivity index (χ0v) is 10.5. The van der Waals surface area contributed by atoms with E-state index in [1.54, 1.807) is 18.2 Å². The van der Waals surface area contributed by atoms with E-state index in [4.69, 9.17) is 15.2 Å². The van der Waals surface area contributed by atoms with Crippen LogP contribution in [0.5, 0.6) is 5.75 Å². The summed E-state index contributed by atoms with van der Waals surface area (Å²) in [6.45, 7) is 6.24. The highest BCUT2D eigenvalue weighted by Gasteiger charge is 2.12. The third-order valence-corrected chi connectivity index (χ3v) is 2.43. The van der Waals surface area contributed by atoms with Gasteiger partial charge in [-0.15, -0.1) is 0 Å². The summed E-state index contributed by atoms with van der Waals surface area (Å²) in [6, 6.07) is 4.92. The third-order valence-electron chi connectivity index (χ3n) is 2.43. The van der Waals surface area contributed by atoms with Crippen LogP contribution in [-0.4, -0.2) is 18.7 Å². The van der Waals surface area contributed by atoms with Crippen LogP contribution in [0, 0.1) is 0 Å². The molecule has 1 aromatic carbocycles. The van der Waals surface area contributed by atoms with Crippen LogP contribution >= 0.6 is 0 Å². The Morgan fingerprint density at radius 1 is 1.41 bits per heavy atom. The van der Waals surface area contributed by atoms with E-state index in [-0.39, 0.29) is 12.1 Å². The fourth-order valence-electron chi connectivity index (χ4n) is 1.30. The summed E-state index contributed by atoms with van der Waals surface area (Å²) in [4.78, 5) is 11.7. The van der Waals surface area contributed by atoms with Crippen molar-refractivity contribution in [3.8, 4) is 5.75 Å². The van der Waals surface area contributed by atoms with Gasteiger partial charge < -0.3 is 15.2 Å². The highest BCUT2D eigenvalue weighted by atomic mass is 16.5. The van der Waals surface area contributed by atoms with Crippen LogP contribution < -0.4 is 10.5 Å². The molecule has 1 aromatic rings. The number of nitrogens with two attached hydrogens (primary N) is 1. The van der Waals surface area contributed by atoms with E-state index in [1.165, 1.54) is 0 Å². The second-order valence-corrected chi connectivity index (χ2v) is 3.81. The summed E-state index contributed by atoms with van der Waals surface area (Å²) in [7, 11) is 0. The molecule has 1 atom stereocenters. The standard InChI is InChI=1S/C13H19NO3/c1-4-9(3)17-13(15)10-6-7-12(16-5-2)11(14)8-10/h6-9H,4-5,14H2,1-3H3. The molecular weight excluding hydrogens is 218 g/mol. The maximum absolute atomic E-state index is 11.7. The average Bonchev–Trinajstić information content (AvgIpc) is 2.31. The van der Waals surface area contributed by atoms with Gasteiger partial charge in [-0.2, -0.15) is 0 Å². The normalized spacial score (nSPS) is 11.9. The van der Waals surface area contributed by atoms with Gasteiger partial charge in [0.25, 0.3) is 0 Å². The molecule has 17 heavy (non-hydrogen) atoms. The zero-order chi connectivity index (χ0) is 12.8. The molecule has 0 heterocycles. The predicted molar refractivity (Wildman–Crippen MR) is 67.2 cm³/mol. The van der Waals surface area contributed by atoms with Gasteiger partial charge in [0.05, 0.1) is 24.0 Å². The Hall–Kier alpha value is -1.71. The van der Waals surface area contributed by atoms with Crippen molar-refractivity contribution in [2.75, 3.05) is 12.3 Å². The number of esters is 1. The van der Waals surface area contributed by atoms with Gasteiger partial charge >= 0.3 is 5.97 Å². The number of benzene rings is 1. The SMILES string of the molecule is CCOc1ccc(C(=O)OC(C)CC)cc1N. The van der Waals surface area contributed by atoms with E-state index >= 15 is 0 Å². The summed E-state index contributed by atoms with van der Waals surface area (Å²) in [5.41, 5.74) is 6.68. The Morgan fingerprint density at radius 3 is 2.65 bits per heavy atom. The first-order valence-corrected chi connectivity index (χ1v) is 5.81. The van der Waals surface area contributed by atoms with Crippen LogP contribution in [0.3, 0.4) is 0 Å². The molecule has 0 aliphatic carbocycles. The van der Waals surface area contributed by atoms with Crippen molar-refractivity contribution >= 4 is 11.7 Å². The molecule has 0 fully saturated rings. The monoisotopic (exact) mass is 237 g/mol. The highest BCUT2D eigenvalue weighted by molar-refractivity contribution is 5.91. The quantitative estimate of drug-likeness (QED) is 0.631. The molecule has 0 saturated heterocycles. The van der Waals surface area contributed by atoms with Gasteiger partial charge in [-0.1, -0.05) is 6.92 Å². The van der Waals surface area contributed by atoms with Crippen LogP contribution in [0.15, 0.2) is 18.2 Å². The number of ether oxygens (including phenoxy) is 2. The third kappa shape index (κ3) is 3.66. The number of anilines is 1. The van der Waals surface area contributed by atoms with Crippen LogP contribution in [0.4, 0.5) is 5.69 Å². The maximum atomic E-state index is 11.7. The van der Waals surface area contributed by atoms with Crippen molar-refractivity contribution in [3.63, 3.8) is 0 Å². The van der Waals surface area contributed by atoms with E-state index in [0.29, 0.717) is 23.6 Å². The summed E-state index contributed by atoms with van der Waals surface area (Å²) in [5, 5.41) is 0. The summed E-state index contributed by atoms with van der Waals surface area (Å²) in [6.07, 6.45) is 0.702. The van der Waals surface area contributed by atoms with E-state index in [9.17, 15) is 4.79 Å². The molecule has 1 rings (SSSR count). The molecule has 0 radical (unpaired) electrons. The molecule has 0 aliphatic rings. The lowest BCUT2D eigenvalue weighted by Crippen LogP contribution is -2.14. The minimum absolute atomic E-state index is 0.0877. The molecule has 4 heteroatoms.